The largest absolute Gasteiger partial charge is 0.491 e. The first-order valence-corrected chi connectivity index (χ1v) is 6.64. The van der Waals surface area contributed by atoms with Gasteiger partial charge in [0, 0.05) is 12.1 Å². The van der Waals surface area contributed by atoms with Gasteiger partial charge in [0.2, 0.25) is 0 Å². The Kier molecular flexibility index (Phi) is 5.21. The van der Waals surface area contributed by atoms with Crippen LogP contribution in [-0.2, 0) is 0 Å². The van der Waals surface area contributed by atoms with Gasteiger partial charge in [-0.15, -0.1) is 0 Å². The number of ether oxygens (including phenoxy) is 1. The van der Waals surface area contributed by atoms with E-state index in [0.717, 1.165) is 6.42 Å². The van der Waals surface area contributed by atoms with E-state index >= 15 is 0 Å². The monoisotopic (exact) mass is 264 g/mol. The Hall–Kier alpha value is -1.71. The second kappa shape index (κ2) is 6.45. The minimum Gasteiger partial charge on any atom is -0.491 e. The quantitative estimate of drug-likeness (QED) is 0.804. The summed E-state index contributed by atoms with van der Waals surface area (Å²) in [5, 5.41) is 2.75. The van der Waals surface area contributed by atoms with E-state index in [1.807, 2.05) is 6.92 Å². The predicted octanol–water partition coefficient (Wildman–Crippen LogP) is 2.83. The lowest BCUT2D eigenvalue weighted by atomic mass is 9.93. The second-order valence-electron chi connectivity index (χ2n) is 5.77. The van der Waals surface area contributed by atoms with Crippen LogP contribution in [0.3, 0.4) is 0 Å². The molecule has 0 fully saturated rings. The van der Waals surface area contributed by atoms with Crippen molar-refractivity contribution in [2.45, 2.75) is 34.1 Å². The molecule has 0 atom stereocenters. The number of hydrogen-bond acceptors (Lipinski definition) is 3. The normalized spacial score (nSPS) is 11.2. The smallest absolute Gasteiger partial charge is 0.251 e. The third kappa shape index (κ3) is 5.20. The van der Waals surface area contributed by atoms with Crippen LogP contribution in [-0.4, -0.2) is 19.1 Å². The van der Waals surface area contributed by atoms with Crippen LogP contribution in [0.1, 0.15) is 44.5 Å². The van der Waals surface area contributed by atoms with Crippen LogP contribution < -0.4 is 15.8 Å². The van der Waals surface area contributed by atoms with Gasteiger partial charge in [-0.3, -0.25) is 4.79 Å². The maximum absolute atomic E-state index is 11.7. The van der Waals surface area contributed by atoms with Gasteiger partial charge in [0.25, 0.3) is 5.91 Å². The molecule has 1 amide bonds. The molecular weight excluding hydrogens is 240 g/mol. The summed E-state index contributed by atoms with van der Waals surface area (Å²) in [4.78, 5) is 11.7. The van der Waals surface area contributed by atoms with Gasteiger partial charge in [0.1, 0.15) is 5.75 Å². The van der Waals surface area contributed by atoms with E-state index in [4.69, 9.17) is 10.5 Å². The molecule has 0 unspecified atom stereocenters. The van der Waals surface area contributed by atoms with Crippen molar-refractivity contribution in [1.82, 2.24) is 5.32 Å². The zero-order valence-electron chi connectivity index (χ0n) is 12.2. The summed E-state index contributed by atoms with van der Waals surface area (Å²) in [6.07, 6.45) is 0.928. The fourth-order valence-electron chi connectivity index (χ4n) is 1.53. The van der Waals surface area contributed by atoms with Crippen LogP contribution in [0, 0.1) is 5.41 Å². The summed E-state index contributed by atoms with van der Waals surface area (Å²) < 4.78 is 5.68. The van der Waals surface area contributed by atoms with Crippen molar-refractivity contribution in [2.75, 3.05) is 18.9 Å². The van der Waals surface area contributed by atoms with Crippen molar-refractivity contribution >= 4 is 11.6 Å². The Labute approximate surface area is 115 Å². The summed E-state index contributed by atoms with van der Waals surface area (Å²) in [6, 6.07) is 5.11. The predicted molar refractivity (Wildman–Crippen MR) is 78.4 cm³/mol. The van der Waals surface area contributed by atoms with E-state index in [2.05, 4.69) is 26.1 Å². The molecule has 0 heterocycles. The van der Waals surface area contributed by atoms with Crippen molar-refractivity contribution in [1.29, 1.82) is 0 Å². The Balaban J connectivity index is 2.72. The van der Waals surface area contributed by atoms with Gasteiger partial charge >= 0.3 is 0 Å². The molecule has 0 aromatic heterocycles. The topological polar surface area (TPSA) is 64.4 Å². The van der Waals surface area contributed by atoms with Crippen molar-refractivity contribution in [3.63, 3.8) is 0 Å². The van der Waals surface area contributed by atoms with Gasteiger partial charge < -0.3 is 15.8 Å². The molecule has 0 bridgehead atoms. The minimum atomic E-state index is -0.108. The third-order valence-electron chi connectivity index (χ3n) is 2.72. The number of carbonyl (C=O) groups is 1. The number of carbonyl (C=O) groups excluding carboxylic acids is 1. The molecule has 0 aliphatic rings. The Morgan fingerprint density at radius 1 is 1.37 bits per heavy atom. The average Bonchev–Trinajstić information content (AvgIpc) is 2.30. The highest BCUT2D eigenvalue weighted by Crippen LogP contribution is 2.25. The fourth-order valence-corrected chi connectivity index (χ4v) is 1.53. The summed E-state index contributed by atoms with van der Waals surface area (Å²) >= 11 is 0. The molecule has 3 N–H and O–H groups in total. The van der Waals surface area contributed by atoms with E-state index in [9.17, 15) is 4.79 Å². The molecular formula is C15H24N2O2. The van der Waals surface area contributed by atoms with Crippen LogP contribution in [0.15, 0.2) is 18.2 Å². The molecule has 106 valence electrons. The Bertz CT molecular complexity index is 436. The Morgan fingerprint density at radius 3 is 2.63 bits per heavy atom. The van der Waals surface area contributed by atoms with Crippen molar-refractivity contribution < 1.29 is 9.53 Å². The number of hydrogen-bond donors (Lipinski definition) is 2. The number of nitrogen functional groups attached to an aromatic ring is 1. The van der Waals surface area contributed by atoms with E-state index in [1.165, 1.54) is 0 Å². The lowest BCUT2D eigenvalue weighted by molar-refractivity contribution is 0.0955. The maximum Gasteiger partial charge on any atom is 0.251 e. The van der Waals surface area contributed by atoms with E-state index in [0.29, 0.717) is 30.2 Å². The number of nitrogens with two attached hydrogens (primary N) is 1. The molecule has 0 spiro atoms. The Morgan fingerprint density at radius 2 is 2.05 bits per heavy atom. The SMILES string of the molecule is CCNC(=O)c1ccc(N)c(OCCC(C)(C)C)c1. The molecule has 1 aromatic rings. The first-order valence-electron chi connectivity index (χ1n) is 6.64. The molecule has 1 aromatic carbocycles. The average molecular weight is 264 g/mol. The number of benzene rings is 1. The summed E-state index contributed by atoms with van der Waals surface area (Å²) in [5.74, 6) is 0.469. The molecule has 0 saturated carbocycles. The minimum absolute atomic E-state index is 0.108. The summed E-state index contributed by atoms with van der Waals surface area (Å²) in [5.41, 5.74) is 7.20. The standard InChI is InChI=1S/C15H24N2O2/c1-5-17-14(18)11-6-7-12(16)13(10-11)19-9-8-15(2,3)4/h6-7,10H,5,8-9,16H2,1-4H3,(H,17,18). The lowest BCUT2D eigenvalue weighted by Gasteiger charge is -2.18. The van der Waals surface area contributed by atoms with Crippen LogP contribution in [0.4, 0.5) is 5.69 Å². The lowest BCUT2D eigenvalue weighted by Crippen LogP contribution is -2.22. The number of nitrogens with one attached hydrogen (secondary N) is 1. The van der Waals surface area contributed by atoms with Crippen LogP contribution in [0.25, 0.3) is 0 Å². The maximum atomic E-state index is 11.7. The van der Waals surface area contributed by atoms with Crippen LogP contribution in [0.2, 0.25) is 0 Å². The van der Waals surface area contributed by atoms with Gasteiger partial charge in [0.05, 0.1) is 12.3 Å². The van der Waals surface area contributed by atoms with Gasteiger partial charge in [-0.25, -0.2) is 0 Å². The van der Waals surface area contributed by atoms with Crippen LogP contribution in [0.5, 0.6) is 5.75 Å². The molecule has 0 aliphatic heterocycles. The van der Waals surface area contributed by atoms with Crippen LogP contribution >= 0.6 is 0 Å². The number of amides is 1. The van der Waals surface area contributed by atoms with Gasteiger partial charge in [-0.2, -0.15) is 0 Å². The molecule has 4 nitrogen and oxygen atoms in total. The van der Waals surface area contributed by atoms with Crippen molar-refractivity contribution in [3.05, 3.63) is 23.8 Å². The zero-order valence-corrected chi connectivity index (χ0v) is 12.2. The summed E-state index contributed by atoms with van der Waals surface area (Å²) in [6.45, 7) is 9.55. The molecule has 19 heavy (non-hydrogen) atoms. The fraction of sp³-hybridized carbons (Fsp3) is 0.533. The first kappa shape index (κ1) is 15.3. The molecule has 0 saturated heterocycles. The zero-order chi connectivity index (χ0) is 14.5. The second-order valence-corrected chi connectivity index (χ2v) is 5.77. The highest BCUT2D eigenvalue weighted by molar-refractivity contribution is 5.95. The summed E-state index contributed by atoms with van der Waals surface area (Å²) in [7, 11) is 0. The van der Waals surface area contributed by atoms with Gasteiger partial charge in [-0.1, -0.05) is 20.8 Å². The van der Waals surface area contributed by atoms with Gasteiger partial charge in [-0.05, 0) is 37.0 Å². The highest BCUT2D eigenvalue weighted by Gasteiger charge is 2.12. The molecule has 0 aliphatic carbocycles. The third-order valence-corrected chi connectivity index (χ3v) is 2.72. The van der Waals surface area contributed by atoms with E-state index in [-0.39, 0.29) is 11.3 Å². The molecule has 0 radical (unpaired) electrons. The van der Waals surface area contributed by atoms with E-state index in [1.54, 1.807) is 18.2 Å². The molecule has 1 rings (SSSR count). The highest BCUT2D eigenvalue weighted by atomic mass is 16.5. The molecule has 4 heteroatoms. The number of anilines is 1. The first-order chi connectivity index (χ1) is 8.83. The van der Waals surface area contributed by atoms with E-state index < -0.39 is 0 Å². The van der Waals surface area contributed by atoms with Crippen molar-refractivity contribution in [2.24, 2.45) is 5.41 Å². The van der Waals surface area contributed by atoms with Gasteiger partial charge in [0.15, 0.2) is 0 Å². The van der Waals surface area contributed by atoms with Crippen molar-refractivity contribution in [3.8, 4) is 5.75 Å². The number of rotatable bonds is 5.